The Kier molecular flexibility index (Phi) is 4.77. The van der Waals surface area contributed by atoms with Crippen LogP contribution in [0.25, 0.3) is 16.9 Å². The van der Waals surface area contributed by atoms with Crippen molar-refractivity contribution in [2.45, 2.75) is 34.2 Å². The van der Waals surface area contributed by atoms with Gasteiger partial charge in [0.2, 0.25) is 5.95 Å². The van der Waals surface area contributed by atoms with Crippen molar-refractivity contribution in [1.82, 2.24) is 29.6 Å². The average Bonchev–Trinajstić information content (AvgIpc) is 3.25. The highest BCUT2D eigenvalue weighted by molar-refractivity contribution is 5.97. The van der Waals surface area contributed by atoms with Crippen molar-refractivity contribution in [2.24, 2.45) is 0 Å². The molecule has 3 aromatic heterocycles. The lowest BCUT2D eigenvalue weighted by Crippen LogP contribution is -2.35. The van der Waals surface area contributed by atoms with E-state index >= 15 is 0 Å². The molecule has 162 valence electrons. The maximum Gasteiger partial charge on any atom is 0.268 e. The number of hydrogen-bond donors (Lipinski definition) is 2. The van der Waals surface area contributed by atoms with Crippen LogP contribution in [0.15, 0.2) is 42.6 Å². The number of benzene rings is 1. The fourth-order valence-corrected chi connectivity index (χ4v) is 4.47. The normalized spacial score (nSPS) is 13.1. The standard InChI is InChI=1S/C24H25N7O/c1-14-13-15(2)31(29-14)19-7-5-18(6-8-19)27-24-26-10-9-20(28-24)21-16(3)22-23(32)25-11-12-30(22)17(21)4/h5-10,13H,11-12H2,1-4H3,(H,25,32)(H,26,27,28). The fraction of sp³-hybridized carbons (Fsp3) is 0.250. The second-order valence-electron chi connectivity index (χ2n) is 8.12. The molecule has 0 atom stereocenters. The molecule has 8 nitrogen and oxygen atoms in total. The molecule has 2 N–H and O–H groups in total. The van der Waals surface area contributed by atoms with Crippen molar-refractivity contribution < 1.29 is 4.79 Å². The first-order valence-corrected chi connectivity index (χ1v) is 10.6. The summed E-state index contributed by atoms with van der Waals surface area (Å²) < 4.78 is 4.00. The van der Waals surface area contributed by atoms with Crippen molar-refractivity contribution >= 4 is 17.5 Å². The van der Waals surface area contributed by atoms with E-state index in [4.69, 9.17) is 4.98 Å². The first-order chi connectivity index (χ1) is 15.4. The lowest BCUT2D eigenvalue weighted by Gasteiger charge is -2.17. The molecule has 32 heavy (non-hydrogen) atoms. The molecule has 1 aliphatic rings. The van der Waals surface area contributed by atoms with Crippen LogP contribution in [-0.2, 0) is 6.54 Å². The molecule has 0 unspecified atom stereocenters. The highest BCUT2D eigenvalue weighted by Gasteiger charge is 2.26. The molecular weight excluding hydrogens is 402 g/mol. The maximum absolute atomic E-state index is 12.4. The molecule has 0 fully saturated rings. The van der Waals surface area contributed by atoms with Crippen LogP contribution in [0.5, 0.6) is 0 Å². The third-order valence-corrected chi connectivity index (χ3v) is 5.89. The summed E-state index contributed by atoms with van der Waals surface area (Å²) >= 11 is 0. The van der Waals surface area contributed by atoms with Gasteiger partial charge >= 0.3 is 0 Å². The average molecular weight is 428 g/mol. The molecule has 0 radical (unpaired) electrons. The van der Waals surface area contributed by atoms with Gasteiger partial charge in [-0.2, -0.15) is 5.10 Å². The highest BCUT2D eigenvalue weighted by Crippen LogP contribution is 2.32. The number of hydrogen-bond acceptors (Lipinski definition) is 5. The van der Waals surface area contributed by atoms with Gasteiger partial charge in [-0.25, -0.2) is 14.6 Å². The van der Waals surface area contributed by atoms with Gasteiger partial charge in [-0.15, -0.1) is 0 Å². The van der Waals surface area contributed by atoms with E-state index in [1.165, 1.54) is 0 Å². The van der Waals surface area contributed by atoms with Gasteiger partial charge in [-0.3, -0.25) is 4.79 Å². The Morgan fingerprint density at radius 1 is 1.06 bits per heavy atom. The van der Waals surface area contributed by atoms with Crippen LogP contribution in [0.3, 0.4) is 0 Å². The van der Waals surface area contributed by atoms with E-state index < -0.39 is 0 Å². The predicted molar refractivity (Wildman–Crippen MR) is 124 cm³/mol. The van der Waals surface area contributed by atoms with Gasteiger partial charge in [0.1, 0.15) is 5.69 Å². The van der Waals surface area contributed by atoms with Crippen LogP contribution >= 0.6 is 0 Å². The minimum atomic E-state index is -0.0294. The number of aryl methyl sites for hydroxylation is 2. The lowest BCUT2D eigenvalue weighted by molar-refractivity contribution is 0.0926. The number of nitrogens with zero attached hydrogens (tertiary/aromatic N) is 5. The van der Waals surface area contributed by atoms with E-state index in [1.807, 2.05) is 62.7 Å². The molecular formula is C24H25N7O. The third kappa shape index (κ3) is 3.33. The van der Waals surface area contributed by atoms with Crippen LogP contribution in [-0.4, -0.2) is 36.8 Å². The first kappa shape index (κ1) is 20.0. The number of nitrogens with one attached hydrogen (secondary N) is 2. The van der Waals surface area contributed by atoms with Gasteiger partial charge in [0.25, 0.3) is 5.91 Å². The molecule has 4 aromatic rings. The lowest BCUT2D eigenvalue weighted by atomic mass is 10.1. The summed E-state index contributed by atoms with van der Waals surface area (Å²) in [7, 11) is 0. The van der Waals surface area contributed by atoms with Crippen LogP contribution < -0.4 is 10.6 Å². The van der Waals surface area contributed by atoms with Crippen molar-refractivity contribution in [3.05, 3.63) is 70.9 Å². The summed E-state index contributed by atoms with van der Waals surface area (Å²) in [6, 6.07) is 11.9. The third-order valence-electron chi connectivity index (χ3n) is 5.89. The Bertz CT molecular complexity index is 1330. The van der Waals surface area contributed by atoms with E-state index in [0.29, 0.717) is 12.5 Å². The molecule has 0 saturated heterocycles. The molecule has 0 aliphatic carbocycles. The number of amides is 1. The van der Waals surface area contributed by atoms with Gasteiger partial charge in [-0.05, 0) is 69.7 Å². The highest BCUT2D eigenvalue weighted by atomic mass is 16.2. The van der Waals surface area contributed by atoms with Crippen LogP contribution in [0.1, 0.15) is 33.1 Å². The number of anilines is 2. The summed E-state index contributed by atoms with van der Waals surface area (Å²) in [6.45, 7) is 9.46. The Morgan fingerprint density at radius 3 is 2.53 bits per heavy atom. The maximum atomic E-state index is 12.4. The van der Waals surface area contributed by atoms with Crippen LogP contribution in [0, 0.1) is 27.7 Å². The molecule has 5 rings (SSSR count). The van der Waals surface area contributed by atoms with E-state index in [1.54, 1.807) is 6.20 Å². The molecule has 0 bridgehead atoms. The Hall–Kier alpha value is -3.94. The molecule has 0 spiro atoms. The zero-order valence-corrected chi connectivity index (χ0v) is 18.6. The first-order valence-electron chi connectivity index (χ1n) is 10.6. The number of aromatic nitrogens is 5. The molecule has 1 aliphatic heterocycles. The second kappa shape index (κ2) is 7.64. The Labute approximate surface area is 186 Å². The van der Waals surface area contributed by atoms with E-state index in [2.05, 4.69) is 31.3 Å². The van der Waals surface area contributed by atoms with Crippen molar-refractivity contribution in [3.63, 3.8) is 0 Å². The number of rotatable bonds is 4. The summed E-state index contributed by atoms with van der Waals surface area (Å²) in [6.07, 6.45) is 1.74. The minimum absolute atomic E-state index is 0.0294. The molecule has 1 amide bonds. The summed E-state index contributed by atoms with van der Waals surface area (Å²) in [5.41, 5.74) is 8.46. The molecule has 0 saturated carbocycles. The molecule has 4 heterocycles. The molecule has 1 aromatic carbocycles. The summed E-state index contributed by atoms with van der Waals surface area (Å²) in [5, 5.41) is 10.7. The number of fused-ring (bicyclic) bond motifs is 1. The zero-order chi connectivity index (χ0) is 22.4. The largest absolute Gasteiger partial charge is 0.349 e. The van der Waals surface area contributed by atoms with Crippen molar-refractivity contribution in [1.29, 1.82) is 0 Å². The van der Waals surface area contributed by atoms with Gasteiger partial charge in [-0.1, -0.05) is 0 Å². The monoisotopic (exact) mass is 427 g/mol. The zero-order valence-electron chi connectivity index (χ0n) is 18.6. The van der Waals surface area contributed by atoms with Crippen LogP contribution in [0.4, 0.5) is 11.6 Å². The van der Waals surface area contributed by atoms with Crippen LogP contribution in [0.2, 0.25) is 0 Å². The van der Waals surface area contributed by atoms with Crippen molar-refractivity contribution in [2.75, 3.05) is 11.9 Å². The summed E-state index contributed by atoms with van der Waals surface area (Å²) in [5.74, 6) is 0.479. The molecule has 8 heteroatoms. The Balaban J connectivity index is 1.43. The predicted octanol–water partition coefficient (Wildman–Crippen LogP) is 3.85. The fourth-order valence-electron chi connectivity index (χ4n) is 4.47. The van der Waals surface area contributed by atoms with E-state index in [-0.39, 0.29) is 5.91 Å². The second-order valence-corrected chi connectivity index (χ2v) is 8.12. The van der Waals surface area contributed by atoms with Crippen molar-refractivity contribution in [3.8, 4) is 16.9 Å². The number of carbonyl (C=O) groups excluding carboxylic acids is 1. The SMILES string of the molecule is Cc1cc(C)n(-c2ccc(Nc3nccc(-c4c(C)c5n(c4C)CCNC5=O)n3)cc2)n1. The van der Waals surface area contributed by atoms with Gasteiger partial charge in [0.15, 0.2) is 0 Å². The van der Waals surface area contributed by atoms with Gasteiger partial charge < -0.3 is 15.2 Å². The smallest absolute Gasteiger partial charge is 0.268 e. The quantitative estimate of drug-likeness (QED) is 0.516. The Morgan fingerprint density at radius 2 is 1.84 bits per heavy atom. The topological polar surface area (TPSA) is 89.7 Å². The number of carbonyl (C=O) groups is 1. The summed E-state index contributed by atoms with van der Waals surface area (Å²) in [4.78, 5) is 21.5. The van der Waals surface area contributed by atoms with E-state index in [9.17, 15) is 4.79 Å². The van der Waals surface area contributed by atoms with Gasteiger partial charge in [0.05, 0.1) is 17.1 Å². The minimum Gasteiger partial charge on any atom is -0.349 e. The van der Waals surface area contributed by atoms with E-state index in [0.717, 1.165) is 57.5 Å². The van der Waals surface area contributed by atoms with Gasteiger partial charge in [0, 0.05) is 41.9 Å².